The Labute approximate surface area is 99.8 Å². The number of nitrogens with one attached hydrogen (secondary N) is 1. The molecule has 0 spiro atoms. The molecule has 2 rings (SSSR count). The molecule has 0 unspecified atom stereocenters. The van der Waals surface area contributed by atoms with Crippen molar-refractivity contribution in [2.45, 2.75) is 19.4 Å². The minimum absolute atomic E-state index is 0.0670. The first-order valence-corrected chi connectivity index (χ1v) is 5.54. The molecular formula is C12H15N3O2. The Morgan fingerprint density at radius 2 is 2.29 bits per heavy atom. The zero-order valence-electron chi connectivity index (χ0n) is 9.93. The summed E-state index contributed by atoms with van der Waals surface area (Å²) >= 11 is 0. The van der Waals surface area contributed by atoms with Crippen molar-refractivity contribution in [3.63, 3.8) is 0 Å². The normalized spacial score (nSPS) is 19.5. The molecule has 1 saturated heterocycles. The number of amides is 2. The van der Waals surface area contributed by atoms with Gasteiger partial charge in [0, 0.05) is 31.9 Å². The molecule has 1 aromatic heterocycles. The van der Waals surface area contributed by atoms with E-state index in [4.69, 9.17) is 0 Å². The molecule has 5 nitrogen and oxygen atoms in total. The molecule has 1 N–H and O–H groups in total. The first-order valence-electron chi connectivity index (χ1n) is 5.54. The van der Waals surface area contributed by atoms with Gasteiger partial charge < -0.3 is 10.2 Å². The van der Waals surface area contributed by atoms with Crippen molar-refractivity contribution in [3.8, 4) is 0 Å². The van der Waals surface area contributed by atoms with E-state index in [1.165, 1.54) is 0 Å². The number of aryl methyl sites for hydroxylation is 1. The summed E-state index contributed by atoms with van der Waals surface area (Å²) < 4.78 is 0. The Morgan fingerprint density at radius 3 is 2.82 bits per heavy atom. The Kier molecular flexibility index (Phi) is 3.08. The third-order valence-corrected chi connectivity index (χ3v) is 2.85. The van der Waals surface area contributed by atoms with Crippen LogP contribution in [0.25, 0.3) is 0 Å². The minimum atomic E-state index is -0.175. The number of likely N-dealkylation sites (N-methyl/N-ethyl adjacent to an activating group) is 1. The van der Waals surface area contributed by atoms with Gasteiger partial charge in [0.1, 0.15) is 0 Å². The van der Waals surface area contributed by atoms with Crippen LogP contribution in [-0.2, 0) is 4.79 Å². The second-order valence-electron chi connectivity index (χ2n) is 4.34. The predicted octanol–water partition coefficient (Wildman–Crippen LogP) is 0.351. The van der Waals surface area contributed by atoms with E-state index in [9.17, 15) is 9.59 Å². The smallest absolute Gasteiger partial charge is 0.253 e. The molecule has 0 aromatic carbocycles. The maximum Gasteiger partial charge on any atom is 0.253 e. The molecule has 2 heterocycles. The van der Waals surface area contributed by atoms with Crippen molar-refractivity contribution in [1.29, 1.82) is 0 Å². The van der Waals surface area contributed by atoms with Gasteiger partial charge in [0.25, 0.3) is 5.91 Å². The number of pyridine rings is 1. The van der Waals surface area contributed by atoms with Crippen LogP contribution in [-0.4, -0.2) is 41.3 Å². The molecule has 17 heavy (non-hydrogen) atoms. The number of hydrogen-bond donors (Lipinski definition) is 1. The van der Waals surface area contributed by atoms with Gasteiger partial charge in [-0.3, -0.25) is 14.6 Å². The largest absolute Gasteiger partial charge is 0.347 e. The lowest BCUT2D eigenvalue weighted by Crippen LogP contribution is -2.36. The monoisotopic (exact) mass is 233 g/mol. The lowest BCUT2D eigenvalue weighted by molar-refractivity contribution is -0.126. The highest BCUT2D eigenvalue weighted by atomic mass is 16.2. The Morgan fingerprint density at radius 1 is 1.53 bits per heavy atom. The van der Waals surface area contributed by atoms with Gasteiger partial charge in [0.05, 0.1) is 11.6 Å². The summed E-state index contributed by atoms with van der Waals surface area (Å²) in [5.41, 5.74) is 1.40. The molecule has 1 aromatic rings. The molecule has 5 heteroatoms. The molecule has 1 aliphatic rings. The fourth-order valence-corrected chi connectivity index (χ4v) is 1.83. The van der Waals surface area contributed by atoms with E-state index >= 15 is 0 Å². The zero-order chi connectivity index (χ0) is 12.4. The van der Waals surface area contributed by atoms with Crippen LogP contribution in [0.2, 0.25) is 0 Å². The van der Waals surface area contributed by atoms with Gasteiger partial charge in [0.15, 0.2) is 0 Å². The number of rotatable bonds is 2. The van der Waals surface area contributed by atoms with Gasteiger partial charge in [-0.25, -0.2) is 0 Å². The highest BCUT2D eigenvalue weighted by Crippen LogP contribution is 2.09. The van der Waals surface area contributed by atoms with Crippen LogP contribution in [0.15, 0.2) is 18.3 Å². The van der Waals surface area contributed by atoms with Crippen LogP contribution in [0.4, 0.5) is 0 Å². The summed E-state index contributed by atoms with van der Waals surface area (Å²) in [6, 6.07) is 3.43. The second-order valence-corrected chi connectivity index (χ2v) is 4.34. The van der Waals surface area contributed by atoms with Crippen LogP contribution < -0.4 is 5.32 Å². The van der Waals surface area contributed by atoms with Crippen LogP contribution >= 0.6 is 0 Å². The van der Waals surface area contributed by atoms with Gasteiger partial charge in [-0.2, -0.15) is 0 Å². The van der Waals surface area contributed by atoms with Crippen molar-refractivity contribution >= 4 is 11.8 Å². The third-order valence-electron chi connectivity index (χ3n) is 2.85. The highest BCUT2D eigenvalue weighted by Gasteiger charge is 2.27. The SMILES string of the molecule is Cc1ccc(C(=O)N[C@H]2CC(=O)N(C)C2)cn1. The zero-order valence-corrected chi connectivity index (χ0v) is 9.93. The van der Waals surface area contributed by atoms with Crippen molar-refractivity contribution in [2.75, 3.05) is 13.6 Å². The van der Waals surface area contributed by atoms with E-state index in [2.05, 4.69) is 10.3 Å². The number of aromatic nitrogens is 1. The number of carbonyl (C=O) groups is 2. The van der Waals surface area contributed by atoms with Gasteiger partial charge in [-0.1, -0.05) is 0 Å². The summed E-state index contributed by atoms with van der Waals surface area (Å²) in [5.74, 6) is -0.108. The summed E-state index contributed by atoms with van der Waals surface area (Å²) in [7, 11) is 1.74. The first-order chi connectivity index (χ1) is 8.06. The van der Waals surface area contributed by atoms with Crippen LogP contribution in [0.1, 0.15) is 22.5 Å². The van der Waals surface area contributed by atoms with Gasteiger partial charge in [-0.05, 0) is 19.1 Å². The molecule has 90 valence electrons. The molecule has 0 radical (unpaired) electrons. The van der Waals surface area contributed by atoms with E-state index in [1.807, 2.05) is 6.92 Å². The van der Waals surface area contributed by atoms with Crippen molar-refractivity contribution < 1.29 is 9.59 Å². The molecule has 1 fully saturated rings. The van der Waals surface area contributed by atoms with Crippen LogP contribution in [0.5, 0.6) is 0 Å². The molecule has 0 bridgehead atoms. The van der Waals surface area contributed by atoms with Crippen LogP contribution in [0, 0.1) is 6.92 Å². The van der Waals surface area contributed by atoms with Gasteiger partial charge >= 0.3 is 0 Å². The van der Waals surface area contributed by atoms with E-state index in [-0.39, 0.29) is 17.9 Å². The fourth-order valence-electron chi connectivity index (χ4n) is 1.83. The lowest BCUT2D eigenvalue weighted by Gasteiger charge is -2.12. The van der Waals surface area contributed by atoms with Crippen molar-refractivity contribution in [3.05, 3.63) is 29.6 Å². The predicted molar refractivity (Wildman–Crippen MR) is 62.5 cm³/mol. The lowest BCUT2D eigenvalue weighted by atomic mass is 10.2. The van der Waals surface area contributed by atoms with Crippen molar-refractivity contribution in [1.82, 2.24) is 15.2 Å². The Balaban J connectivity index is 1.98. The van der Waals surface area contributed by atoms with Gasteiger partial charge in [-0.15, -0.1) is 0 Å². The molecule has 0 saturated carbocycles. The van der Waals surface area contributed by atoms with E-state index in [1.54, 1.807) is 30.3 Å². The number of carbonyl (C=O) groups excluding carboxylic acids is 2. The number of hydrogen-bond acceptors (Lipinski definition) is 3. The molecule has 0 aliphatic carbocycles. The van der Waals surface area contributed by atoms with E-state index < -0.39 is 0 Å². The van der Waals surface area contributed by atoms with Crippen LogP contribution in [0.3, 0.4) is 0 Å². The number of nitrogens with zero attached hydrogens (tertiary/aromatic N) is 2. The summed E-state index contributed by atoms with van der Waals surface area (Å²) in [6.07, 6.45) is 1.92. The molecule has 1 atom stereocenters. The molecular weight excluding hydrogens is 218 g/mol. The summed E-state index contributed by atoms with van der Waals surface area (Å²) in [4.78, 5) is 28.8. The summed E-state index contributed by atoms with van der Waals surface area (Å²) in [5, 5.41) is 2.83. The van der Waals surface area contributed by atoms with E-state index in [0.717, 1.165) is 5.69 Å². The highest BCUT2D eigenvalue weighted by molar-refractivity contribution is 5.94. The second kappa shape index (κ2) is 4.53. The number of likely N-dealkylation sites (tertiary alicyclic amines) is 1. The first kappa shape index (κ1) is 11.6. The molecule has 2 amide bonds. The quantitative estimate of drug-likeness (QED) is 0.801. The Hall–Kier alpha value is -1.91. The Bertz CT molecular complexity index is 442. The maximum absolute atomic E-state index is 11.8. The van der Waals surface area contributed by atoms with Crippen molar-refractivity contribution in [2.24, 2.45) is 0 Å². The molecule has 1 aliphatic heterocycles. The minimum Gasteiger partial charge on any atom is -0.347 e. The fraction of sp³-hybridized carbons (Fsp3) is 0.417. The summed E-state index contributed by atoms with van der Waals surface area (Å²) in [6.45, 7) is 2.44. The average Bonchev–Trinajstić information content (AvgIpc) is 2.58. The topological polar surface area (TPSA) is 62.3 Å². The maximum atomic E-state index is 11.8. The standard InChI is InChI=1S/C12H15N3O2/c1-8-3-4-9(6-13-8)12(17)14-10-5-11(16)15(2)7-10/h3-4,6,10H,5,7H2,1-2H3,(H,14,17)/t10-/m0/s1. The average molecular weight is 233 g/mol. The van der Waals surface area contributed by atoms with E-state index in [0.29, 0.717) is 18.5 Å². The van der Waals surface area contributed by atoms with Gasteiger partial charge in [0.2, 0.25) is 5.91 Å². The third kappa shape index (κ3) is 2.61.